The lowest BCUT2D eigenvalue weighted by atomic mass is 10.5. The second-order valence-electron chi connectivity index (χ2n) is 1.51. The molecule has 0 aliphatic rings. The van der Waals surface area contributed by atoms with E-state index in [-0.39, 0.29) is 12.5 Å². The van der Waals surface area contributed by atoms with Crippen LogP contribution in [-0.2, 0) is 4.79 Å². The predicted molar refractivity (Wildman–Crippen MR) is 34.9 cm³/mol. The second-order valence-corrected chi connectivity index (χ2v) is 1.51. The first kappa shape index (κ1) is 8.17. The molecule has 0 aliphatic carbocycles. The topological polar surface area (TPSA) is 49.3 Å². The Kier molecular flexibility index (Phi) is 4.82. The van der Waals surface area contributed by atoms with Crippen LogP contribution in [-0.4, -0.2) is 24.2 Å². The molecule has 0 atom stereocenters. The molecule has 0 aromatic carbocycles. The van der Waals surface area contributed by atoms with Gasteiger partial charge in [-0.2, -0.15) is 0 Å². The maximum absolute atomic E-state index is 10.5. The van der Waals surface area contributed by atoms with E-state index in [1.807, 2.05) is 0 Å². The Morgan fingerprint density at radius 2 is 2.44 bits per heavy atom. The van der Waals surface area contributed by atoms with Crippen molar-refractivity contribution in [2.24, 2.45) is 0 Å². The molecular formula is C6H11NO2. The fourth-order valence-electron chi connectivity index (χ4n) is 0.389. The van der Waals surface area contributed by atoms with Crippen LogP contribution in [0.15, 0.2) is 12.2 Å². The molecule has 0 aliphatic heterocycles. The maximum atomic E-state index is 10.5. The van der Waals surface area contributed by atoms with Gasteiger partial charge >= 0.3 is 0 Å². The largest absolute Gasteiger partial charge is 0.395 e. The molecule has 0 rings (SSSR count). The summed E-state index contributed by atoms with van der Waals surface area (Å²) in [5, 5.41) is 10.7. The molecule has 52 valence electrons. The van der Waals surface area contributed by atoms with Crippen LogP contribution in [0.5, 0.6) is 0 Å². The van der Waals surface area contributed by atoms with Gasteiger partial charge < -0.3 is 10.4 Å². The summed E-state index contributed by atoms with van der Waals surface area (Å²) in [6, 6.07) is 0. The fraction of sp³-hybridized carbons (Fsp3) is 0.500. The van der Waals surface area contributed by atoms with Crippen LogP contribution in [0.25, 0.3) is 0 Å². The van der Waals surface area contributed by atoms with Crippen molar-refractivity contribution in [3.05, 3.63) is 12.2 Å². The van der Waals surface area contributed by atoms with Crippen molar-refractivity contribution in [3.8, 4) is 0 Å². The third-order valence-electron chi connectivity index (χ3n) is 0.729. The molecule has 0 saturated heterocycles. The van der Waals surface area contributed by atoms with Gasteiger partial charge in [-0.3, -0.25) is 4.79 Å². The summed E-state index contributed by atoms with van der Waals surface area (Å²) in [6.45, 7) is 2.07. The molecule has 3 heteroatoms. The molecule has 3 nitrogen and oxygen atoms in total. The van der Waals surface area contributed by atoms with E-state index in [1.54, 1.807) is 13.0 Å². The molecule has 1 amide bonds. The fourth-order valence-corrected chi connectivity index (χ4v) is 0.389. The van der Waals surface area contributed by atoms with Crippen LogP contribution in [0.2, 0.25) is 0 Å². The number of allylic oxidation sites excluding steroid dienone is 1. The molecule has 0 heterocycles. The molecule has 2 N–H and O–H groups in total. The zero-order valence-electron chi connectivity index (χ0n) is 5.42. The molecular weight excluding hydrogens is 118 g/mol. The summed E-state index contributed by atoms with van der Waals surface area (Å²) in [7, 11) is 0. The number of hydrogen-bond acceptors (Lipinski definition) is 2. The first-order chi connectivity index (χ1) is 4.31. The van der Waals surface area contributed by atoms with Gasteiger partial charge in [-0.1, -0.05) is 6.08 Å². The Balaban J connectivity index is 3.27. The van der Waals surface area contributed by atoms with E-state index in [1.165, 1.54) is 6.08 Å². The highest BCUT2D eigenvalue weighted by molar-refractivity contribution is 5.87. The second kappa shape index (κ2) is 5.31. The number of nitrogens with one attached hydrogen (secondary N) is 1. The average Bonchev–Trinajstić information content (AvgIpc) is 1.85. The first-order valence-corrected chi connectivity index (χ1v) is 2.82. The van der Waals surface area contributed by atoms with E-state index in [4.69, 9.17) is 5.11 Å². The minimum atomic E-state index is -0.161. The molecule has 0 spiro atoms. The Labute approximate surface area is 54.4 Å². The molecule has 0 unspecified atom stereocenters. The van der Waals surface area contributed by atoms with Gasteiger partial charge in [0.1, 0.15) is 0 Å². The number of aliphatic hydroxyl groups excluding tert-OH is 1. The lowest BCUT2D eigenvalue weighted by Gasteiger charge is -1.94. The van der Waals surface area contributed by atoms with Gasteiger partial charge in [-0.05, 0) is 13.0 Å². The minimum absolute atomic E-state index is 0.0106. The number of rotatable bonds is 3. The third-order valence-corrected chi connectivity index (χ3v) is 0.729. The number of carbonyl (C=O) groups excluding carboxylic acids is 1. The summed E-state index contributed by atoms with van der Waals surface area (Å²) >= 11 is 0. The third kappa shape index (κ3) is 5.03. The van der Waals surface area contributed by atoms with Gasteiger partial charge in [-0.15, -0.1) is 0 Å². The molecule has 9 heavy (non-hydrogen) atoms. The maximum Gasteiger partial charge on any atom is 0.243 e. The lowest BCUT2D eigenvalue weighted by Crippen LogP contribution is -2.24. The van der Waals surface area contributed by atoms with Crippen molar-refractivity contribution in [2.75, 3.05) is 13.2 Å². The Hall–Kier alpha value is -0.830. The number of hydrogen-bond donors (Lipinski definition) is 2. The molecule has 0 aromatic rings. The molecule has 0 aromatic heterocycles. The zero-order valence-corrected chi connectivity index (χ0v) is 5.42. The highest BCUT2D eigenvalue weighted by Crippen LogP contribution is 1.69. The van der Waals surface area contributed by atoms with Gasteiger partial charge in [0, 0.05) is 6.54 Å². The number of amides is 1. The average molecular weight is 129 g/mol. The van der Waals surface area contributed by atoms with E-state index >= 15 is 0 Å². The highest BCUT2D eigenvalue weighted by atomic mass is 16.3. The van der Waals surface area contributed by atoms with Crippen molar-refractivity contribution in [3.63, 3.8) is 0 Å². The van der Waals surface area contributed by atoms with Crippen molar-refractivity contribution in [1.82, 2.24) is 5.32 Å². The Bertz CT molecular complexity index is 110. The standard InChI is InChI=1S/C6H11NO2/c1-2-3-6(9)7-4-5-8/h2-3,8H,4-5H2,1H3,(H,7,9)/b3-2-. The van der Waals surface area contributed by atoms with Gasteiger partial charge in [0.15, 0.2) is 0 Å². The number of carbonyl (C=O) groups is 1. The smallest absolute Gasteiger partial charge is 0.243 e. The zero-order chi connectivity index (χ0) is 7.11. The van der Waals surface area contributed by atoms with Crippen LogP contribution in [0.1, 0.15) is 6.92 Å². The molecule has 0 radical (unpaired) electrons. The molecule has 0 saturated carbocycles. The quantitative estimate of drug-likeness (QED) is 0.513. The summed E-state index contributed by atoms with van der Waals surface area (Å²) in [5.41, 5.74) is 0. The van der Waals surface area contributed by atoms with Crippen LogP contribution in [0.3, 0.4) is 0 Å². The summed E-state index contributed by atoms with van der Waals surface area (Å²) in [4.78, 5) is 10.5. The van der Waals surface area contributed by atoms with Crippen LogP contribution in [0, 0.1) is 0 Å². The monoisotopic (exact) mass is 129 g/mol. The van der Waals surface area contributed by atoms with E-state index in [0.717, 1.165) is 0 Å². The van der Waals surface area contributed by atoms with Gasteiger partial charge in [0.05, 0.1) is 6.61 Å². The van der Waals surface area contributed by atoms with E-state index in [0.29, 0.717) is 6.54 Å². The van der Waals surface area contributed by atoms with Crippen LogP contribution in [0.4, 0.5) is 0 Å². The van der Waals surface area contributed by atoms with Gasteiger partial charge in [0.25, 0.3) is 0 Å². The Morgan fingerprint density at radius 1 is 1.78 bits per heavy atom. The minimum Gasteiger partial charge on any atom is -0.395 e. The van der Waals surface area contributed by atoms with E-state index in [9.17, 15) is 4.79 Å². The van der Waals surface area contributed by atoms with Crippen LogP contribution < -0.4 is 5.32 Å². The summed E-state index contributed by atoms with van der Waals surface area (Å²) in [5.74, 6) is -0.161. The predicted octanol–water partition coefficient (Wildman–Crippen LogP) is -0.329. The van der Waals surface area contributed by atoms with Crippen LogP contribution >= 0.6 is 0 Å². The lowest BCUT2D eigenvalue weighted by molar-refractivity contribution is -0.116. The summed E-state index contributed by atoms with van der Waals surface area (Å²) < 4.78 is 0. The van der Waals surface area contributed by atoms with Gasteiger partial charge in [0.2, 0.25) is 5.91 Å². The molecule has 0 fully saturated rings. The highest BCUT2D eigenvalue weighted by Gasteiger charge is 1.88. The molecule has 0 bridgehead atoms. The Morgan fingerprint density at radius 3 is 2.89 bits per heavy atom. The van der Waals surface area contributed by atoms with Gasteiger partial charge in [-0.25, -0.2) is 0 Å². The summed E-state index contributed by atoms with van der Waals surface area (Å²) in [6.07, 6.45) is 3.06. The van der Waals surface area contributed by atoms with Crippen molar-refractivity contribution >= 4 is 5.91 Å². The first-order valence-electron chi connectivity index (χ1n) is 2.82. The van der Waals surface area contributed by atoms with Crippen molar-refractivity contribution in [1.29, 1.82) is 0 Å². The SMILES string of the molecule is C/C=C\C(=O)NCCO. The normalized spacial score (nSPS) is 10.0. The number of aliphatic hydroxyl groups is 1. The van der Waals surface area contributed by atoms with Crippen molar-refractivity contribution < 1.29 is 9.90 Å². The van der Waals surface area contributed by atoms with E-state index < -0.39 is 0 Å². The van der Waals surface area contributed by atoms with Crippen molar-refractivity contribution in [2.45, 2.75) is 6.92 Å². The van der Waals surface area contributed by atoms with E-state index in [2.05, 4.69) is 5.32 Å².